The van der Waals surface area contributed by atoms with Crippen molar-refractivity contribution in [2.24, 2.45) is 5.73 Å². The molecule has 4 rings (SSSR count). The second-order valence-electron chi connectivity index (χ2n) is 8.63. The summed E-state index contributed by atoms with van der Waals surface area (Å²) in [7, 11) is 2.07. The number of amides is 1. The molecule has 1 fully saturated rings. The number of benzene rings is 1. The predicted molar refractivity (Wildman–Crippen MR) is 120 cm³/mol. The number of pyridine rings is 1. The zero-order valence-corrected chi connectivity index (χ0v) is 18.1. The van der Waals surface area contributed by atoms with Gasteiger partial charge in [0, 0.05) is 55.0 Å². The van der Waals surface area contributed by atoms with Crippen LogP contribution in [0.1, 0.15) is 48.2 Å². The summed E-state index contributed by atoms with van der Waals surface area (Å²) in [6.45, 7) is 7.17. The lowest BCUT2D eigenvalue weighted by molar-refractivity contribution is 0.0950. The Labute approximate surface area is 178 Å². The lowest BCUT2D eigenvalue weighted by Gasteiger charge is -2.23. The number of hydrogen-bond donors (Lipinski definition) is 3. The molecule has 4 N–H and O–H groups in total. The molecule has 1 amide bonds. The summed E-state index contributed by atoms with van der Waals surface area (Å²) in [6, 6.07) is 10.9. The molecule has 0 bridgehead atoms. The predicted octanol–water partition coefficient (Wildman–Crippen LogP) is 2.26. The van der Waals surface area contributed by atoms with Gasteiger partial charge in [-0.2, -0.15) is 0 Å². The summed E-state index contributed by atoms with van der Waals surface area (Å²) in [5.74, 6) is 0.859. The third-order valence-corrected chi connectivity index (χ3v) is 5.62. The lowest BCUT2D eigenvalue weighted by Crippen LogP contribution is -2.38. The van der Waals surface area contributed by atoms with Crippen LogP contribution in [0.25, 0.3) is 11.3 Å². The minimum Gasteiger partial charge on any atom is -0.349 e. The van der Waals surface area contributed by atoms with Crippen LogP contribution >= 0.6 is 0 Å². The van der Waals surface area contributed by atoms with E-state index in [9.17, 15) is 4.79 Å². The third kappa shape index (κ3) is 4.48. The normalized spacial score (nSPS) is 15.7. The van der Waals surface area contributed by atoms with Crippen LogP contribution in [0.5, 0.6) is 0 Å². The Balaban J connectivity index is 1.71. The highest BCUT2D eigenvalue weighted by atomic mass is 16.1. The van der Waals surface area contributed by atoms with Gasteiger partial charge in [-0.15, -0.1) is 0 Å². The van der Waals surface area contributed by atoms with Gasteiger partial charge >= 0.3 is 0 Å². The van der Waals surface area contributed by atoms with E-state index in [-0.39, 0.29) is 11.9 Å². The fourth-order valence-corrected chi connectivity index (χ4v) is 3.88. The number of carbonyl (C=O) groups excluding carboxylic acids is 1. The number of aromatic nitrogens is 1. The average molecular weight is 409 g/mol. The van der Waals surface area contributed by atoms with E-state index < -0.39 is 0 Å². The first kappa shape index (κ1) is 20.8. The monoisotopic (exact) mass is 408 g/mol. The lowest BCUT2D eigenvalue weighted by atomic mass is 10.0. The van der Waals surface area contributed by atoms with Gasteiger partial charge in [0.1, 0.15) is 5.82 Å². The molecule has 0 saturated heterocycles. The van der Waals surface area contributed by atoms with Crippen LogP contribution in [0.15, 0.2) is 30.3 Å². The largest absolute Gasteiger partial charge is 0.349 e. The molecule has 2 heterocycles. The Kier molecular flexibility index (Phi) is 6.04. The molecule has 1 aliphatic carbocycles. The molecule has 1 aromatic heterocycles. The summed E-state index contributed by atoms with van der Waals surface area (Å²) in [4.78, 5) is 20.2. The molecule has 30 heavy (non-hydrogen) atoms. The molecule has 1 aliphatic heterocycles. The van der Waals surface area contributed by atoms with E-state index >= 15 is 0 Å². The van der Waals surface area contributed by atoms with Gasteiger partial charge in [-0.1, -0.05) is 18.2 Å². The van der Waals surface area contributed by atoms with Crippen molar-refractivity contribution in [1.82, 2.24) is 20.6 Å². The Bertz CT molecular complexity index is 924. The summed E-state index contributed by atoms with van der Waals surface area (Å²) < 4.78 is 0. The van der Waals surface area contributed by atoms with Crippen LogP contribution in [0.3, 0.4) is 0 Å². The fourth-order valence-electron chi connectivity index (χ4n) is 3.88. The van der Waals surface area contributed by atoms with Crippen LogP contribution in [0.4, 0.5) is 5.82 Å². The zero-order valence-electron chi connectivity index (χ0n) is 18.1. The average Bonchev–Trinajstić information content (AvgIpc) is 3.42. The van der Waals surface area contributed by atoms with Gasteiger partial charge in [-0.25, -0.2) is 10.4 Å². The second kappa shape index (κ2) is 8.71. The number of nitrogens with one attached hydrogen (secondary N) is 2. The highest BCUT2D eigenvalue weighted by Gasteiger charge is 2.31. The van der Waals surface area contributed by atoms with Crippen molar-refractivity contribution in [3.8, 4) is 11.3 Å². The van der Waals surface area contributed by atoms with Crippen LogP contribution in [-0.4, -0.2) is 48.0 Å². The first-order valence-electron chi connectivity index (χ1n) is 10.8. The fraction of sp³-hybridized carbons (Fsp3) is 0.478. The van der Waals surface area contributed by atoms with Gasteiger partial charge in [0.05, 0.1) is 5.69 Å². The van der Waals surface area contributed by atoms with Crippen LogP contribution < -0.4 is 21.5 Å². The van der Waals surface area contributed by atoms with Crippen molar-refractivity contribution in [3.05, 3.63) is 47.0 Å². The van der Waals surface area contributed by atoms with E-state index in [1.165, 1.54) is 5.56 Å². The van der Waals surface area contributed by atoms with E-state index in [1.54, 1.807) is 0 Å². The van der Waals surface area contributed by atoms with Crippen LogP contribution in [0.2, 0.25) is 0 Å². The Morgan fingerprint density at radius 1 is 1.37 bits per heavy atom. The molecule has 2 aromatic rings. The minimum atomic E-state index is 0.00337. The maximum atomic E-state index is 13.0. The quantitative estimate of drug-likeness (QED) is 0.621. The summed E-state index contributed by atoms with van der Waals surface area (Å²) in [5.41, 5.74) is 13.8. The number of anilines is 1. The molecule has 0 spiro atoms. The van der Waals surface area contributed by atoms with Gasteiger partial charge in [-0.3, -0.25) is 9.80 Å². The van der Waals surface area contributed by atoms with Gasteiger partial charge in [0.25, 0.3) is 5.91 Å². The SMILES string of the molecule is CC(C)N1NCc2c(C(=O)NC3CC3)cc(-c3cccc(CN(C)CCN)c3)nc21. The highest BCUT2D eigenvalue weighted by molar-refractivity contribution is 5.98. The molecule has 7 nitrogen and oxygen atoms in total. The molecule has 160 valence electrons. The van der Waals surface area contributed by atoms with Crippen LogP contribution in [-0.2, 0) is 13.1 Å². The zero-order chi connectivity index (χ0) is 21.3. The van der Waals surface area contributed by atoms with E-state index in [1.807, 2.05) is 6.07 Å². The molecule has 0 atom stereocenters. The number of nitrogens with two attached hydrogens (primary N) is 1. The molecule has 0 radical (unpaired) electrons. The Morgan fingerprint density at radius 3 is 2.87 bits per heavy atom. The standard InChI is InChI=1S/C23H32N6O/c1-15(2)29-22-20(13-25-29)19(23(30)26-18-7-8-18)12-21(27-22)17-6-4-5-16(11-17)14-28(3)10-9-24/h4-6,11-12,15,18,25H,7-10,13-14,24H2,1-3H3,(H,26,30). The highest BCUT2D eigenvalue weighted by Crippen LogP contribution is 2.33. The first-order valence-corrected chi connectivity index (χ1v) is 10.8. The Hall–Kier alpha value is -2.48. The number of nitrogens with zero attached hydrogens (tertiary/aromatic N) is 3. The summed E-state index contributed by atoms with van der Waals surface area (Å²) in [5, 5.41) is 5.20. The van der Waals surface area contributed by atoms with E-state index in [0.717, 1.165) is 54.1 Å². The first-order chi connectivity index (χ1) is 14.5. The molecule has 2 aliphatic rings. The third-order valence-electron chi connectivity index (χ3n) is 5.62. The number of hydrazine groups is 1. The topological polar surface area (TPSA) is 86.5 Å². The number of hydrogen-bond acceptors (Lipinski definition) is 6. The Morgan fingerprint density at radius 2 is 2.17 bits per heavy atom. The molecule has 7 heteroatoms. The van der Waals surface area contributed by atoms with Crippen molar-refractivity contribution < 1.29 is 4.79 Å². The van der Waals surface area contributed by atoms with Crippen molar-refractivity contribution in [1.29, 1.82) is 0 Å². The molecule has 0 unspecified atom stereocenters. The minimum absolute atomic E-state index is 0.00337. The summed E-state index contributed by atoms with van der Waals surface area (Å²) in [6.07, 6.45) is 2.14. The molecular formula is C23H32N6O. The number of carbonyl (C=O) groups is 1. The number of fused-ring (bicyclic) bond motifs is 1. The smallest absolute Gasteiger partial charge is 0.252 e. The molecule has 1 saturated carbocycles. The second-order valence-corrected chi connectivity index (χ2v) is 8.63. The van der Waals surface area contributed by atoms with E-state index in [0.29, 0.717) is 19.1 Å². The van der Waals surface area contributed by atoms with Crippen molar-refractivity contribution in [2.75, 3.05) is 25.1 Å². The molecular weight excluding hydrogens is 376 g/mol. The van der Waals surface area contributed by atoms with E-state index in [2.05, 4.69) is 65.8 Å². The van der Waals surface area contributed by atoms with Crippen molar-refractivity contribution in [2.45, 2.75) is 51.9 Å². The summed E-state index contributed by atoms with van der Waals surface area (Å²) >= 11 is 0. The van der Waals surface area contributed by atoms with Crippen molar-refractivity contribution in [3.63, 3.8) is 0 Å². The van der Waals surface area contributed by atoms with Crippen LogP contribution in [0, 0.1) is 0 Å². The van der Waals surface area contributed by atoms with Crippen molar-refractivity contribution >= 4 is 11.7 Å². The maximum Gasteiger partial charge on any atom is 0.252 e. The number of likely N-dealkylation sites (N-methyl/N-ethyl adjacent to an activating group) is 1. The molecule has 1 aromatic carbocycles. The van der Waals surface area contributed by atoms with Gasteiger partial charge in [0.15, 0.2) is 0 Å². The number of rotatable bonds is 8. The van der Waals surface area contributed by atoms with Gasteiger partial charge in [-0.05, 0) is 51.4 Å². The van der Waals surface area contributed by atoms with E-state index in [4.69, 9.17) is 10.7 Å². The van der Waals surface area contributed by atoms with Gasteiger partial charge < -0.3 is 16.0 Å². The van der Waals surface area contributed by atoms with Gasteiger partial charge in [0.2, 0.25) is 0 Å². The maximum absolute atomic E-state index is 13.0.